The molecule has 1 unspecified atom stereocenters. The maximum absolute atomic E-state index is 12.4. The number of halogens is 1. The number of nitrogens with one attached hydrogen (secondary N) is 2. The number of hydrogen-bond donors (Lipinski definition) is 4. The maximum atomic E-state index is 12.4. The van der Waals surface area contributed by atoms with E-state index in [0.717, 1.165) is 32.1 Å². The lowest BCUT2D eigenvalue weighted by atomic mass is 9.81. The first kappa shape index (κ1) is 27.0. The molecular weight excluding hydrogens is 402 g/mol. The molecule has 0 aromatic heterocycles. The molecule has 0 heterocycles. The number of hydrogen-bond acceptors (Lipinski definition) is 4. The van der Waals surface area contributed by atoms with Crippen molar-refractivity contribution in [3.8, 4) is 0 Å². The van der Waals surface area contributed by atoms with Crippen LogP contribution >= 0.6 is 11.8 Å². The summed E-state index contributed by atoms with van der Waals surface area (Å²) in [7, 11) is 0. The van der Waals surface area contributed by atoms with Gasteiger partial charge in [-0.1, -0.05) is 13.8 Å². The first-order chi connectivity index (χ1) is 12.8. The summed E-state index contributed by atoms with van der Waals surface area (Å²) in [5, 5.41) is 14.9. The highest BCUT2D eigenvalue weighted by Gasteiger charge is 2.30. The minimum atomic E-state index is -0.974. The van der Waals surface area contributed by atoms with Crippen LogP contribution in [0, 0.1) is 17.8 Å². The number of rotatable bonds is 11. The molecule has 1 aliphatic rings. The monoisotopic (exact) mass is 437 g/mol. The van der Waals surface area contributed by atoms with Crippen LogP contribution in [0.5, 0.6) is 0 Å². The first-order valence-corrected chi connectivity index (χ1v) is 11.3. The van der Waals surface area contributed by atoms with Gasteiger partial charge < -0.3 is 33.9 Å². The molecule has 1 fully saturated rings. The molecule has 7 nitrogen and oxygen atoms in total. The zero-order chi connectivity index (χ0) is 20.4. The molecule has 9 heteroatoms. The average Bonchev–Trinajstić information content (AvgIpc) is 2.67. The van der Waals surface area contributed by atoms with Crippen LogP contribution in [0.3, 0.4) is 0 Å². The van der Waals surface area contributed by atoms with E-state index in [0.29, 0.717) is 24.6 Å². The molecule has 164 valence electrons. The second kappa shape index (κ2) is 14.1. The van der Waals surface area contributed by atoms with Gasteiger partial charge in [0.2, 0.25) is 5.91 Å². The fraction of sp³-hybridized carbons (Fsp3) is 0.842. The minimum Gasteiger partial charge on any atom is -1.00 e. The van der Waals surface area contributed by atoms with E-state index < -0.39 is 12.0 Å². The summed E-state index contributed by atoms with van der Waals surface area (Å²) in [5.74, 6) is 0.0780. The first-order valence-electron chi connectivity index (χ1n) is 9.92. The Morgan fingerprint density at radius 2 is 1.82 bits per heavy atom. The lowest BCUT2D eigenvalue weighted by Crippen LogP contribution is -3.00. The fourth-order valence-electron chi connectivity index (χ4n) is 3.33. The summed E-state index contributed by atoms with van der Waals surface area (Å²) in [5.41, 5.74) is 3.96. The van der Waals surface area contributed by atoms with Crippen molar-refractivity contribution in [1.29, 1.82) is 0 Å². The van der Waals surface area contributed by atoms with Gasteiger partial charge in [-0.2, -0.15) is 11.8 Å². The van der Waals surface area contributed by atoms with Gasteiger partial charge >= 0.3 is 5.97 Å². The summed E-state index contributed by atoms with van der Waals surface area (Å²) in [6.45, 7) is 4.71. The van der Waals surface area contributed by atoms with Crippen LogP contribution in [0.15, 0.2) is 0 Å². The highest BCUT2D eigenvalue weighted by molar-refractivity contribution is 7.98. The smallest absolute Gasteiger partial charge is 0.326 e. The van der Waals surface area contributed by atoms with E-state index in [1.54, 1.807) is 11.8 Å². The summed E-state index contributed by atoms with van der Waals surface area (Å²) in [6.07, 6.45) is 6.49. The van der Waals surface area contributed by atoms with Crippen molar-refractivity contribution in [3.63, 3.8) is 0 Å². The summed E-state index contributed by atoms with van der Waals surface area (Å²) in [6, 6.07) is -1.04. The Labute approximate surface area is 178 Å². The fourth-order valence-corrected chi connectivity index (χ4v) is 3.80. The lowest BCUT2D eigenvalue weighted by molar-refractivity contribution is -0.415. The highest BCUT2D eigenvalue weighted by Crippen LogP contribution is 2.28. The third-order valence-electron chi connectivity index (χ3n) is 5.68. The molecule has 0 saturated heterocycles. The average molecular weight is 438 g/mol. The van der Waals surface area contributed by atoms with Crippen LogP contribution in [0.4, 0.5) is 0 Å². The van der Waals surface area contributed by atoms with E-state index in [9.17, 15) is 19.5 Å². The SMILES string of the molecule is CCC(C)[C@H]([NH3+])C(=O)NCC1CCC(C(=O)N[C@H](CCSC)C(=O)O)CC1.[Cl-]. The topological polar surface area (TPSA) is 123 Å². The van der Waals surface area contributed by atoms with Gasteiger partial charge in [0.15, 0.2) is 6.04 Å². The van der Waals surface area contributed by atoms with Gasteiger partial charge in [0.25, 0.3) is 5.91 Å². The van der Waals surface area contributed by atoms with E-state index in [4.69, 9.17) is 0 Å². The van der Waals surface area contributed by atoms with Crippen LogP contribution in [0.1, 0.15) is 52.4 Å². The quantitative estimate of drug-likeness (QED) is 0.294. The van der Waals surface area contributed by atoms with Crippen LogP contribution in [0.25, 0.3) is 0 Å². The molecule has 1 aliphatic carbocycles. The van der Waals surface area contributed by atoms with Gasteiger partial charge in [-0.3, -0.25) is 9.59 Å². The van der Waals surface area contributed by atoms with Crippen molar-refractivity contribution in [1.82, 2.24) is 10.6 Å². The lowest BCUT2D eigenvalue weighted by Gasteiger charge is -2.29. The molecule has 0 spiro atoms. The molecule has 0 aliphatic heterocycles. The summed E-state index contributed by atoms with van der Waals surface area (Å²) >= 11 is 1.57. The summed E-state index contributed by atoms with van der Waals surface area (Å²) < 4.78 is 0. The largest absolute Gasteiger partial charge is 1.00 e. The van der Waals surface area contributed by atoms with E-state index >= 15 is 0 Å². The highest BCUT2D eigenvalue weighted by atomic mass is 35.5. The molecular formula is C19H36ClN3O4S. The minimum absolute atomic E-state index is 0. The van der Waals surface area contributed by atoms with Crippen molar-refractivity contribution in [2.45, 2.75) is 64.5 Å². The van der Waals surface area contributed by atoms with Crippen LogP contribution in [0.2, 0.25) is 0 Å². The number of carbonyl (C=O) groups excluding carboxylic acids is 2. The number of aliphatic carboxylic acids is 1. The van der Waals surface area contributed by atoms with Crippen LogP contribution in [-0.4, -0.2) is 53.5 Å². The number of amides is 2. The van der Waals surface area contributed by atoms with Gasteiger partial charge in [-0.15, -0.1) is 0 Å². The number of thioether (sulfide) groups is 1. The molecule has 2 amide bonds. The normalized spacial score (nSPS) is 22.3. The number of carbonyl (C=O) groups is 3. The van der Waals surface area contributed by atoms with Crippen molar-refractivity contribution in [2.24, 2.45) is 17.8 Å². The predicted molar refractivity (Wildman–Crippen MR) is 107 cm³/mol. The molecule has 6 N–H and O–H groups in total. The van der Waals surface area contributed by atoms with Crippen molar-refractivity contribution < 1.29 is 37.6 Å². The molecule has 0 aromatic rings. The molecule has 28 heavy (non-hydrogen) atoms. The van der Waals surface area contributed by atoms with Crippen molar-refractivity contribution in [3.05, 3.63) is 0 Å². The number of carboxylic acid groups (broad SMARTS) is 1. The van der Waals surface area contributed by atoms with E-state index in [1.807, 2.05) is 13.2 Å². The van der Waals surface area contributed by atoms with Gasteiger partial charge in [0, 0.05) is 18.4 Å². The molecule has 0 radical (unpaired) electrons. The van der Waals surface area contributed by atoms with Crippen LogP contribution in [-0.2, 0) is 14.4 Å². The third-order valence-corrected chi connectivity index (χ3v) is 6.32. The Bertz CT molecular complexity index is 502. The standard InChI is InChI=1S/C19H35N3O4S.ClH/c1-4-12(2)16(20)18(24)21-11-13-5-7-14(8-6-13)17(23)22-15(19(25)26)9-10-27-3;/h12-16H,4-11,20H2,1-3H3,(H,21,24)(H,22,23)(H,25,26);1H/t12?,13?,14?,15-,16+;/m1./s1. The van der Waals surface area contributed by atoms with Gasteiger partial charge in [-0.05, 0) is 56.5 Å². The Kier molecular flexibility index (Phi) is 13.6. The van der Waals surface area contributed by atoms with Crippen LogP contribution < -0.4 is 28.8 Å². The van der Waals surface area contributed by atoms with Crippen molar-refractivity contribution >= 4 is 29.5 Å². The second-order valence-electron chi connectivity index (χ2n) is 7.64. The Hall–Kier alpha value is -0.990. The van der Waals surface area contributed by atoms with Gasteiger partial charge in [0.1, 0.15) is 6.04 Å². The molecule has 1 rings (SSSR count). The van der Waals surface area contributed by atoms with Gasteiger partial charge in [0.05, 0.1) is 0 Å². The Morgan fingerprint density at radius 3 is 2.32 bits per heavy atom. The zero-order valence-electron chi connectivity index (χ0n) is 17.2. The maximum Gasteiger partial charge on any atom is 0.326 e. The van der Waals surface area contributed by atoms with E-state index in [1.165, 1.54) is 0 Å². The number of quaternary nitrogens is 1. The Morgan fingerprint density at radius 1 is 1.21 bits per heavy atom. The van der Waals surface area contributed by atoms with E-state index in [2.05, 4.69) is 23.3 Å². The number of carboxylic acids is 1. The van der Waals surface area contributed by atoms with Crippen molar-refractivity contribution in [2.75, 3.05) is 18.6 Å². The molecule has 0 aromatic carbocycles. The second-order valence-corrected chi connectivity index (χ2v) is 8.62. The molecule has 1 saturated carbocycles. The Balaban J connectivity index is 0.00000729. The zero-order valence-corrected chi connectivity index (χ0v) is 18.8. The summed E-state index contributed by atoms with van der Waals surface area (Å²) in [4.78, 5) is 35.8. The van der Waals surface area contributed by atoms with Gasteiger partial charge in [-0.25, -0.2) is 4.79 Å². The molecule has 3 atom stereocenters. The predicted octanol–water partition coefficient (Wildman–Crippen LogP) is -2.11. The third kappa shape index (κ3) is 9.01. The molecule has 0 bridgehead atoms. The van der Waals surface area contributed by atoms with E-state index in [-0.39, 0.29) is 42.1 Å².